The number of amides is 3. The lowest BCUT2D eigenvalue weighted by molar-refractivity contribution is -0.120. The van der Waals surface area contributed by atoms with Gasteiger partial charge in [-0.25, -0.2) is 9.29 Å². The second-order valence-electron chi connectivity index (χ2n) is 7.38. The van der Waals surface area contributed by atoms with Gasteiger partial charge in [-0.05, 0) is 54.4 Å². The molecule has 7 heteroatoms. The fraction of sp³-hybridized carbons (Fsp3) is 0.0800. The molecular weight excluding hydrogens is 409 g/mol. The molecule has 0 unspecified atom stereocenters. The molecule has 6 nitrogen and oxygen atoms in total. The van der Waals surface area contributed by atoms with Crippen molar-refractivity contribution >= 4 is 40.4 Å². The van der Waals surface area contributed by atoms with E-state index in [1.807, 2.05) is 19.1 Å². The summed E-state index contributed by atoms with van der Waals surface area (Å²) in [5.74, 6) is -1.71. The van der Waals surface area contributed by atoms with Gasteiger partial charge in [0.1, 0.15) is 11.5 Å². The van der Waals surface area contributed by atoms with E-state index in [2.05, 4.69) is 10.6 Å². The van der Waals surface area contributed by atoms with Crippen LogP contribution in [0.5, 0.6) is 0 Å². The number of carbonyl (C=O) groups is 3. The molecule has 3 amide bonds. The van der Waals surface area contributed by atoms with Crippen LogP contribution in [-0.2, 0) is 14.4 Å². The molecule has 0 spiro atoms. The highest BCUT2D eigenvalue weighted by Crippen LogP contribution is 2.35. The summed E-state index contributed by atoms with van der Waals surface area (Å²) in [6.07, 6.45) is 0. The van der Waals surface area contributed by atoms with Crippen LogP contribution in [0.1, 0.15) is 18.1 Å². The molecule has 0 saturated carbocycles. The molecule has 0 aliphatic carbocycles. The fourth-order valence-electron chi connectivity index (χ4n) is 3.58. The number of aryl methyl sites for hydroxylation is 1. The van der Waals surface area contributed by atoms with Gasteiger partial charge in [0.05, 0.1) is 11.3 Å². The lowest BCUT2D eigenvalue weighted by atomic mass is 10.0. The summed E-state index contributed by atoms with van der Waals surface area (Å²) in [5, 5.41) is 5.60. The predicted octanol–water partition coefficient (Wildman–Crippen LogP) is 4.49. The molecule has 3 aromatic carbocycles. The van der Waals surface area contributed by atoms with Gasteiger partial charge in [-0.15, -0.1) is 0 Å². The predicted molar refractivity (Wildman–Crippen MR) is 121 cm³/mol. The van der Waals surface area contributed by atoms with Crippen LogP contribution in [0.2, 0.25) is 0 Å². The summed E-state index contributed by atoms with van der Waals surface area (Å²) in [4.78, 5) is 39.3. The molecular formula is C25H20FN3O3. The van der Waals surface area contributed by atoms with Gasteiger partial charge in [0.2, 0.25) is 5.91 Å². The van der Waals surface area contributed by atoms with Crippen LogP contribution in [0.4, 0.5) is 21.5 Å². The Bertz CT molecular complexity index is 1270. The molecule has 0 saturated heterocycles. The highest BCUT2D eigenvalue weighted by atomic mass is 19.1. The van der Waals surface area contributed by atoms with Crippen LogP contribution in [0.3, 0.4) is 0 Å². The lowest BCUT2D eigenvalue weighted by Crippen LogP contribution is -2.33. The molecule has 1 aliphatic heterocycles. The Balaban J connectivity index is 1.81. The van der Waals surface area contributed by atoms with Crippen molar-refractivity contribution in [3.05, 3.63) is 95.4 Å². The topological polar surface area (TPSA) is 78.5 Å². The summed E-state index contributed by atoms with van der Waals surface area (Å²) in [7, 11) is 0. The van der Waals surface area contributed by atoms with Gasteiger partial charge in [0, 0.05) is 18.3 Å². The third kappa shape index (κ3) is 4.00. The second-order valence-corrected chi connectivity index (χ2v) is 7.38. The molecule has 2 N–H and O–H groups in total. The first-order chi connectivity index (χ1) is 15.3. The van der Waals surface area contributed by atoms with Crippen LogP contribution in [-0.4, -0.2) is 17.7 Å². The van der Waals surface area contributed by atoms with Gasteiger partial charge in [-0.2, -0.15) is 0 Å². The number of halogens is 1. The molecule has 0 atom stereocenters. The number of anilines is 3. The number of hydrogen-bond acceptors (Lipinski definition) is 4. The summed E-state index contributed by atoms with van der Waals surface area (Å²) in [5.41, 5.74) is 2.86. The number of para-hydroxylation sites is 1. The van der Waals surface area contributed by atoms with E-state index in [9.17, 15) is 18.8 Å². The largest absolute Gasteiger partial charge is 0.350 e. The minimum Gasteiger partial charge on any atom is -0.350 e. The quantitative estimate of drug-likeness (QED) is 0.586. The monoisotopic (exact) mass is 429 g/mol. The molecule has 32 heavy (non-hydrogen) atoms. The SMILES string of the molecule is CC(=O)Nc1ccc(C2=C(Nc3cccc(F)c3)C(=O)N(c3ccccc3C)C2=O)cc1. The number of carbonyl (C=O) groups excluding carboxylic acids is 3. The molecule has 0 fully saturated rings. The fourth-order valence-corrected chi connectivity index (χ4v) is 3.58. The molecule has 160 valence electrons. The van der Waals surface area contributed by atoms with Crippen molar-refractivity contribution in [3.63, 3.8) is 0 Å². The second kappa shape index (κ2) is 8.47. The van der Waals surface area contributed by atoms with E-state index in [4.69, 9.17) is 0 Å². The summed E-state index contributed by atoms with van der Waals surface area (Å²) >= 11 is 0. The van der Waals surface area contributed by atoms with Crippen LogP contribution < -0.4 is 15.5 Å². The first-order valence-corrected chi connectivity index (χ1v) is 9.94. The molecule has 1 heterocycles. The summed E-state index contributed by atoms with van der Waals surface area (Å²) in [6, 6.07) is 19.4. The van der Waals surface area contributed by atoms with Crippen molar-refractivity contribution in [2.75, 3.05) is 15.5 Å². The van der Waals surface area contributed by atoms with Gasteiger partial charge in [-0.3, -0.25) is 14.4 Å². The van der Waals surface area contributed by atoms with E-state index in [0.717, 1.165) is 10.5 Å². The molecule has 0 aromatic heterocycles. The minimum absolute atomic E-state index is 0.0520. The van der Waals surface area contributed by atoms with Crippen LogP contribution in [0, 0.1) is 12.7 Å². The minimum atomic E-state index is -0.533. The zero-order valence-electron chi connectivity index (χ0n) is 17.5. The maximum atomic E-state index is 13.7. The molecule has 1 aliphatic rings. The Morgan fingerprint density at radius 1 is 0.875 bits per heavy atom. The van der Waals surface area contributed by atoms with Crippen molar-refractivity contribution in [2.45, 2.75) is 13.8 Å². The smallest absolute Gasteiger partial charge is 0.282 e. The Morgan fingerprint density at radius 3 is 2.25 bits per heavy atom. The molecule has 0 bridgehead atoms. The molecule has 3 aromatic rings. The first kappa shape index (κ1) is 21.0. The van der Waals surface area contributed by atoms with Crippen LogP contribution in [0.25, 0.3) is 5.57 Å². The van der Waals surface area contributed by atoms with E-state index in [0.29, 0.717) is 22.6 Å². The lowest BCUT2D eigenvalue weighted by Gasteiger charge is -2.17. The van der Waals surface area contributed by atoms with Crippen molar-refractivity contribution in [1.82, 2.24) is 0 Å². The Kier molecular flexibility index (Phi) is 5.55. The Hall–Kier alpha value is -4.26. The van der Waals surface area contributed by atoms with Gasteiger partial charge in [0.25, 0.3) is 11.8 Å². The van der Waals surface area contributed by atoms with E-state index in [1.54, 1.807) is 42.5 Å². The maximum Gasteiger partial charge on any atom is 0.282 e. The summed E-state index contributed by atoms with van der Waals surface area (Å²) in [6.45, 7) is 3.21. The third-order valence-corrected chi connectivity index (χ3v) is 5.03. The highest BCUT2D eigenvalue weighted by Gasteiger charge is 2.40. The van der Waals surface area contributed by atoms with Gasteiger partial charge < -0.3 is 10.6 Å². The average Bonchev–Trinajstić information content (AvgIpc) is 2.98. The number of nitrogens with zero attached hydrogens (tertiary/aromatic N) is 1. The number of nitrogens with one attached hydrogen (secondary N) is 2. The highest BCUT2D eigenvalue weighted by molar-refractivity contribution is 6.46. The van der Waals surface area contributed by atoms with Crippen molar-refractivity contribution < 1.29 is 18.8 Å². The Labute approximate surface area is 184 Å². The number of benzene rings is 3. The van der Waals surface area contributed by atoms with Gasteiger partial charge in [0.15, 0.2) is 0 Å². The van der Waals surface area contributed by atoms with E-state index >= 15 is 0 Å². The molecule has 4 rings (SSSR count). The number of rotatable bonds is 5. The number of hydrogen-bond donors (Lipinski definition) is 2. The summed E-state index contributed by atoms with van der Waals surface area (Å²) < 4.78 is 13.7. The zero-order chi connectivity index (χ0) is 22.8. The van der Waals surface area contributed by atoms with E-state index in [-0.39, 0.29) is 17.2 Å². The Morgan fingerprint density at radius 2 is 1.59 bits per heavy atom. The maximum absolute atomic E-state index is 13.7. The first-order valence-electron chi connectivity index (χ1n) is 9.94. The third-order valence-electron chi connectivity index (χ3n) is 5.03. The van der Waals surface area contributed by atoms with E-state index < -0.39 is 17.6 Å². The number of imide groups is 1. The van der Waals surface area contributed by atoms with Crippen molar-refractivity contribution in [3.8, 4) is 0 Å². The van der Waals surface area contributed by atoms with Crippen LogP contribution >= 0.6 is 0 Å². The van der Waals surface area contributed by atoms with Gasteiger partial charge in [-0.1, -0.05) is 36.4 Å². The van der Waals surface area contributed by atoms with E-state index in [1.165, 1.54) is 25.1 Å². The van der Waals surface area contributed by atoms with Crippen LogP contribution in [0.15, 0.2) is 78.5 Å². The standard InChI is InChI=1S/C25H20FN3O3/c1-15-6-3-4-9-21(15)29-24(31)22(17-10-12-19(13-11-17)27-16(2)30)23(25(29)32)28-20-8-5-7-18(26)14-20/h3-14,28H,1-2H3,(H,27,30). The van der Waals surface area contributed by atoms with Gasteiger partial charge >= 0.3 is 0 Å². The molecule has 0 radical (unpaired) electrons. The average molecular weight is 429 g/mol. The zero-order valence-corrected chi connectivity index (χ0v) is 17.5. The van der Waals surface area contributed by atoms with Crippen molar-refractivity contribution in [1.29, 1.82) is 0 Å². The normalized spacial score (nSPS) is 13.5. The van der Waals surface area contributed by atoms with Crippen molar-refractivity contribution in [2.24, 2.45) is 0 Å².